The van der Waals surface area contributed by atoms with Gasteiger partial charge in [0.25, 0.3) is 0 Å². The molecule has 0 saturated carbocycles. The highest BCUT2D eigenvalue weighted by atomic mass is 16.5. The van der Waals surface area contributed by atoms with Gasteiger partial charge in [-0.2, -0.15) is 0 Å². The summed E-state index contributed by atoms with van der Waals surface area (Å²) in [7, 11) is 1.60. The Kier molecular flexibility index (Phi) is 9.37. The molecule has 0 rings (SSSR count). The zero-order valence-electron chi connectivity index (χ0n) is 10.4. The zero-order chi connectivity index (χ0) is 13.1. The van der Waals surface area contributed by atoms with Gasteiger partial charge in [0.1, 0.15) is 0 Å². The summed E-state index contributed by atoms with van der Waals surface area (Å²) in [6, 6.07) is 0. The number of hydrogen-bond donors (Lipinski definition) is 2. The van der Waals surface area contributed by atoms with Gasteiger partial charge in [0.05, 0.1) is 19.6 Å². The molecule has 0 aromatic heterocycles. The molecule has 0 aliphatic rings. The van der Waals surface area contributed by atoms with Gasteiger partial charge in [0.2, 0.25) is 5.91 Å². The van der Waals surface area contributed by atoms with Crippen molar-refractivity contribution in [3.63, 3.8) is 0 Å². The Labute approximate surface area is 101 Å². The van der Waals surface area contributed by atoms with E-state index in [-0.39, 0.29) is 12.3 Å². The van der Waals surface area contributed by atoms with E-state index in [1.54, 1.807) is 14.0 Å². The second kappa shape index (κ2) is 10.0. The Morgan fingerprint density at radius 1 is 1.29 bits per heavy atom. The van der Waals surface area contributed by atoms with E-state index >= 15 is 0 Å². The number of hydrogen-bond acceptors (Lipinski definition) is 4. The molecule has 0 aliphatic heterocycles. The molecule has 1 amide bonds. The standard InChI is InChI=1S/C11H21NO5/c1-9(8-10(13)14)11(15)12-4-3-5-17-7-6-16-2/h9H,3-8H2,1-2H3,(H,12,15)(H,13,14). The fourth-order valence-corrected chi connectivity index (χ4v) is 1.16. The summed E-state index contributed by atoms with van der Waals surface area (Å²) < 4.78 is 10.0. The molecule has 0 saturated heterocycles. The van der Waals surface area contributed by atoms with Crippen molar-refractivity contribution in [1.29, 1.82) is 0 Å². The average Bonchev–Trinajstić information content (AvgIpc) is 2.26. The van der Waals surface area contributed by atoms with Crippen LogP contribution in [0.4, 0.5) is 0 Å². The maximum absolute atomic E-state index is 11.4. The lowest BCUT2D eigenvalue weighted by molar-refractivity contribution is -0.140. The maximum atomic E-state index is 11.4. The molecule has 1 unspecified atom stereocenters. The summed E-state index contributed by atoms with van der Waals surface area (Å²) >= 11 is 0. The van der Waals surface area contributed by atoms with Crippen molar-refractivity contribution in [2.75, 3.05) is 33.5 Å². The molecule has 0 spiro atoms. The van der Waals surface area contributed by atoms with Crippen molar-refractivity contribution in [2.24, 2.45) is 5.92 Å². The monoisotopic (exact) mass is 247 g/mol. The first-order valence-corrected chi connectivity index (χ1v) is 5.64. The second-order valence-electron chi connectivity index (χ2n) is 3.75. The minimum absolute atomic E-state index is 0.143. The summed E-state index contributed by atoms with van der Waals surface area (Å²) in [6.07, 6.45) is 0.561. The Hall–Kier alpha value is -1.14. The zero-order valence-corrected chi connectivity index (χ0v) is 10.4. The van der Waals surface area contributed by atoms with Gasteiger partial charge in [-0.3, -0.25) is 9.59 Å². The van der Waals surface area contributed by atoms with Crippen molar-refractivity contribution < 1.29 is 24.2 Å². The molecule has 0 heterocycles. The smallest absolute Gasteiger partial charge is 0.304 e. The number of carbonyl (C=O) groups is 2. The Bertz CT molecular complexity index is 232. The molecule has 6 nitrogen and oxygen atoms in total. The number of ether oxygens (including phenoxy) is 2. The molecule has 100 valence electrons. The number of amides is 1. The largest absolute Gasteiger partial charge is 0.481 e. The van der Waals surface area contributed by atoms with Gasteiger partial charge in [0.15, 0.2) is 0 Å². The van der Waals surface area contributed by atoms with Crippen LogP contribution in [0.15, 0.2) is 0 Å². The predicted octanol–water partition coefficient (Wildman–Crippen LogP) is 0.266. The number of rotatable bonds is 10. The van der Waals surface area contributed by atoms with Crippen molar-refractivity contribution >= 4 is 11.9 Å². The van der Waals surface area contributed by atoms with E-state index in [0.717, 1.165) is 0 Å². The minimum atomic E-state index is -0.962. The third kappa shape index (κ3) is 9.77. The number of nitrogens with one attached hydrogen (secondary N) is 1. The summed E-state index contributed by atoms with van der Waals surface area (Å²) in [4.78, 5) is 21.8. The quantitative estimate of drug-likeness (QED) is 0.541. The van der Waals surface area contributed by atoms with E-state index in [1.807, 2.05) is 0 Å². The van der Waals surface area contributed by atoms with Crippen LogP contribution in [0.5, 0.6) is 0 Å². The minimum Gasteiger partial charge on any atom is -0.481 e. The number of carboxylic acids is 1. The lowest BCUT2D eigenvalue weighted by Crippen LogP contribution is -2.31. The fraction of sp³-hybridized carbons (Fsp3) is 0.818. The van der Waals surface area contributed by atoms with Crippen LogP contribution >= 0.6 is 0 Å². The third-order valence-corrected chi connectivity index (χ3v) is 2.12. The summed E-state index contributed by atoms with van der Waals surface area (Å²) in [5.74, 6) is -1.69. The average molecular weight is 247 g/mol. The van der Waals surface area contributed by atoms with Crippen LogP contribution in [0.25, 0.3) is 0 Å². The second-order valence-corrected chi connectivity index (χ2v) is 3.75. The number of carbonyl (C=O) groups excluding carboxylic acids is 1. The topological polar surface area (TPSA) is 84.9 Å². The van der Waals surface area contributed by atoms with Crippen LogP contribution in [0.1, 0.15) is 19.8 Å². The normalized spacial score (nSPS) is 12.1. The van der Waals surface area contributed by atoms with Crippen molar-refractivity contribution in [1.82, 2.24) is 5.32 Å². The number of aliphatic carboxylic acids is 1. The summed E-state index contributed by atoms with van der Waals surface area (Å²) in [6.45, 7) is 3.74. The van der Waals surface area contributed by atoms with Gasteiger partial charge >= 0.3 is 5.97 Å². The van der Waals surface area contributed by atoms with Crippen molar-refractivity contribution in [3.8, 4) is 0 Å². The predicted molar refractivity (Wildman–Crippen MR) is 61.7 cm³/mol. The summed E-state index contributed by atoms with van der Waals surface area (Å²) in [5.41, 5.74) is 0. The van der Waals surface area contributed by atoms with E-state index in [2.05, 4.69) is 5.32 Å². The van der Waals surface area contributed by atoms with Crippen LogP contribution < -0.4 is 5.32 Å². The van der Waals surface area contributed by atoms with Gasteiger partial charge < -0.3 is 19.9 Å². The van der Waals surface area contributed by atoms with Gasteiger partial charge in [-0.15, -0.1) is 0 Å². The molecule has 1 atom stereocenters. The van der Waals surface area contributed by atoms with Gasteiger partial charge in [-0.05, 0) is 6.42 Å². The lowest BCUT2D eigenvalue weighted by Gasteiger charge is -2.10. The van der Waals surface area contributed by atoms with Crippen LogP contribution in [-0.4, -0.2) is 50.5 Å². The molecule has 0 aromatic rings. The van der Waals surface area contributed by atoms with E-state index < -0.39 is 11.9 Å². The van der Waals surface area contributed by atoms with Gasteiger partial charge in [-0.25, -0.2) is 0 Å². The highest BCUT2D eigenvalue weighted by Crippen LogP contribution is 2.01. The lowest BCUT2D eigenvalue weighted by atomic mass is 10.1. The number of methoxy groups -OCH3 is 1. The molecule has 0 fully saturated rings. The highest BCUT2D eigenvalue weighted by molar-refractivity contribution is 5.82. The fourth-order valence-electron chi connectivity index (χ4n) is 1.16. The molecular formula is C11H21NO5. The molecule has 0 aliphatic carbocycles. The first-order chi connectivity index (χ1) is 8.07. The highest BCUT2D eigenvalue weighted by Gasteiger charge is 2.15. The number of carboxylic acid groups (broad SMARTS) is 1. The van der Waals surface area contributed by atoms with E-state index in [9.17, 15) is 9.59 Å². The first kappa shape index (κ1) is 15.9. The Balaban J connectivity index is 3.41. The molecule has 0 bridgehead atoms. The van der Waals surface area contributed by atoms with Gasteiger partial charge in [-0.1, -0.05) is 6.92 Å². The Morgan fingerprint density at radius 2 is 2.00 bits per heavy atom. The first-order valence-electron chi connectivity index (χ1n) is 5.64. The van der Waals surface area contributed by atoms with E-state index in [4.69, 9.17) is 14.6 Å². The molecule has 6 heteroatoms. The van der Waals surface area contributed by atoms with Crippen LogP contribution in [0.2, 0.25) is 0 Å². The molecule has 0 radical (unpaired) electrons. The summed E-state index contributed by atoms with van der Waals surface area (Å²) in [5, 5.41) is 11.2. The SMILES string of the molecule is COCCOCCCNC(=O)C(C)CC(=O)O. The maximum Gasteiger partial charge on any atom is 0.304 e. The molecule has 0 aromatic carbocycles. The molecule has 17 heavy (non-hydrogen) atoms. The third-order valence-electron chi connectivity index (χ3n) is 2.12. The van der Waals surface area contributed by atoms with Crippen LogP contribution in [0, 0.1) is 5.92 Å². The van der Waals surface area contributed by atoms with E-state index in [1.165, 1.54) is 0 Å². The molecular weight excluding hydrogens is 226 g/mol. The molecule has 2 N–H and O–H groups in total. The van der Waals surface area contributed by atoms with Gasteiger partial charge in [0, 0.05) is 26.2 Å². The van der Waals surface area contributed by atoms with Crippen molar-refractivity contribution in [3.05, 3.63) is 0 Å². The van der Waals surface area contributed by atoms with Crippen LogP contribution in [0.3, 0.4) is 0 Å². The van der Waals surface area contributed by atoms with Crippen molar-refractivity contribution in [2.45, 2.75) is 19.8 Å². The van der Waals surface area contributed by atoms with E-state index in [0.29, 0.717) is 32.8 Å². The Morgan fingerprint density at radius 3 is 2.59 bits per heavy atom. The van der Waals surface area contributed by atoms with Crippen LogP contribution in [-0.2, 0) is 19.1 Å².